The lowest BCUT2D eigenvalue weighted by Gasteiger charge is -2.28. The maximum Gasteiger partial charge on any atom is 0.407 e. The van der Waals surface area contributed by atoms with Gasteiger partial charge < -0.3 is 25.2 Å². The average Bonchev–Trinajstić information content (AvgIpc) is 3.39. The zero-order chi connectivity index (χ0) is 23.6. The van der Waals surface area contributed by atoms with Crippen LogP contribution < -0.4 is 10.6 Å². The van der Waals surface area contributed by atoms with Crippen LogP contribution >= 0.6 is 0 Å². The van der Waals surface area contributed by atoms with E-state index in [9.17, 15) is 19.5 Å². The largest absolute Gasteiger partial charge is 0.479 e. The molecule has 0 saturated carbocycles. The molecule has 1 fully saturated rings. The van der Waals surface area contributed by atoms with E-state index in [1.807, 2.05) is 36.4 Å². The number of carbonyl (C=O) groups is 3. The number of carboxylic acids is 1. The first-order chi connectivity index (χ1) is 15.8. The second kappa shape index (κ2) is 9.23. The van der Waals surface area contributed by atoms with Crippen LogP contribution in [-0.2, 0) is 19.1 Å². The summed E-state index contributed by atoms with van der Waals surface area (Å²) in [5, 5.41) is 14.8. The first kappa shape index (κ1) is 22.8. The number of alkyl carbamates (subject to hydrolysis) is 1. The van der Waals surface area contributed by atoms with Crippen LogP contribution in [-0.4, -0.2) is 54.5 Å². The molecule has 1 aliphatic carbocycles. The molecule has 33 heavy (non-hydrogen) atoms. The first-order valence-electron chi connectivity index (χ1n) is 11.1. The third-order valence-corrected chi connectivity index (χ3v) is 6.36. The molecule has 2 aromatic carbocycles. The topological polar surface area (TPSA) is 114 Å². The molecule has 174 valence electrons. The van der Waals surface area contributed by atoms with E-state index in [0.717, 1.165) is 22.3 Å². The van der Waals surface area contributed by atoms with Crippen molar-refractivity contribution in [2.75, 3.05) is 19.8 Å². The number of nitrogens with one attached hydrogen (secondary N) is 2. The molecule has 2 aliphatic rings. The van der Waals surface area contributed by atoms with Crippen LogP contribution in [0.1, 0.15) is 37.3 Å². The molecule has 0 aromatic heterocycles. The Morgan fingerprint density at radius 2 is 1.70 bits per heavy atom. The lowest BCUT2D eigenvalue weighted by molar-refractivity contribution is -0.148. The fourth-order valence-electron chi connectivity index (χ4n) is 4.50. The Morgan fingerprint density at radius 1 is 1.09 bits per heavy atom. The van der Waals surface area contributed by atoms with E-state index in [0.29, 0.717) is 0 Å². The van der Waals surface area contributed by atoms with Crippen molar-refractivity contribution in [1.29, 1.82) is 0 Å². The van der Waals surface area contributed by atoms with E-state index in [2.05, 4.69) is 22.8 Å². The van der Waals surface area contributed by atoms with Crippen molar-refractivity contribution in [3.63, 3.8) is 0 Å². The van der Waals surface area contributed by atoms with Crippen molar-refractivity contribution in [3.8, 4) is 11.1 Å². The molecule has 8 nitrogen and oxygen atoms in total. The molecule has 1 heterocycles. The summed E-state index contributed by atoms with van der Waals surface area (Å²) in [4.78, 5) is 37.2. The molecule has 3 N–H and O–H groups in total. The number of benzene rings is 2. The van der Waals surface area contributed by atoms with Gasteiger partial charge in [-0.3, -0.25) is 4.79 Å². The highest BCUT2D eigenvalue weighted by Gasteiger charge is 2.45. The molecular formula is C25H28N2O6. The Labute approximate surface area is 192 Å². The molecule has 1 unspecified atom stereocenters. The van der Waals surface area contributed by atoms with Gasteiger partial charge in [0.05, 0.1) is 6.61 Å². The van der Waals surface area contributed by atoms with Crippen LogP contribution in [0, 0.1) is 5.92 Å². The second-order valence-electron chi connectivity index (χ2n) is 8.87. The van der Waals surface area contributed by atoms with Crippen molar-refractivity contribution >= 4 is 18.0 Å². The Morgan fingerprint density at radius 3 is 2.21 bits per heavy atom. The van der Waals surface area contributed by atoms with E-state index in [4.69, 9.17) is 9.47 Å². The summed E-state index contributed by atoms with van der Waals surface area (Å²) >= 11 is 0. The molecule has 4 rings (SSSR count). The van der Waals surface area contributed by atoms with Gasteiger partial charge in [-0.25, -0.2) is 9.59 Å². The molecule has 1 saturated heterocycles. The Balaban J connectivity index is 1.42. The summed E-state index contributed by atoms with van der Waals surface area (Å²) in [7, 11) is 0. The summed E-state index contributed by atoms with van der Waals surface area (Å²) in [6, 6.07) is 15.1. The van der Waals surface area contributed by atoms with E-state index in [-0.39, 0.29) is 38.1 Å². The molecule has 8 heteroatoms. The highest BCUT2D eigenvalue weighted by Crippen LogP contribution is 2.44. The summed E-state index contributed by atoms with van der Waals surface area (Å²) in [6.45, 7) is 3.81. The summed E-state index contributed by atoms with van der Waals surface area (Å²) < 4.78 is 10.7. The van der Waals surface area contributed by atoms with Crippen LogP contribution in [0.4, 0.5) is 4.79 Å². The molecule has 2 aromatic rings. The van der Waals surface area contributed by atoms with E-state index in [1.54, 1.807) is 13.8 Å². The van der Waals surface area contributed by atoms with Gasteiger partial charge in [-0.1, -0.05) is 62.4 Å². The van der Waals surface area contributed by atoms with Crippen LogP contribution in [0.15, 0.2) is 48.5 Å². The van der Waals surface area contributed by atoms with Crippen molar-refractivity contribution in [1.82, 2.24) is 10.6 Å². The van der Waals surface area contributed by atoms with Gasteiger partial charge in [0.1, 0.15) is 12.6 Å². The SMILES string of the molecule is CC(C)[C@H](NC(=O)OCC1c2ccccc2-c2ccccc21)C(=O)NC1(C(=O)O)CCOC1. The maximum absolute atomic E-state index is 12.9. The fraction of sp³-hybridized carbons (Fsp3) is 0.400. The minimum absolute atomic E-state index is 0.0969. The lowest BCUT2D eigenvalue weighted by Crippen LogP contribution is -2.61. The number of aliphatic carboxylic acids is 1. The number of fused-ring (bicyclic) bond motifs is 3. The van der Waals surface area contributed by atoms with Gasteiger partial charge in [-0.15, -0.1) is 0 Å². The van der Waals surface area contributed by atoms with E-state index in [1.165, 1.54) is 0 Å². The van der Waals surface area contributed by atoms with E-state index < -0.39 is 29.6 Å². The molecule has 2 atom stereocenters. The molecule has 2 amide bonds. The molecular weight excluding hydrogens is 424 g/mol. The van der Waals surface area contributed by atoms with Gasteiger partial charge in [0.25, 0.3) is 0 Å². The summed E-state index contributed by atoms with van der Waals surface area (Å²) in [6.07, 6.45) is -0.554. The van der Waals surface area contributed by atoms with Crippen LogP contribution in [0.3, 0.4) is 0 Å². The fourth-order valence-corrected chi connectivity index (χ4v) is 4.50. The highest BCUT2D eigenvalue weighted by molar-refractivity contribution is 5.91. The van der Waals surface area contributed by atoms with Gasteiger partial charge in [0.2, 0.25) is 5.91 Å². The second-order valence-corrected chi connectivity index (χ2v) is 8.87. The minimum Gasteiger partial charge on any atom is -0.479 e. The van der Waals surface area contributed by atoms with E-state index >= 15 is 0 Å². The van der Waals surface area contributed by atoms with Crippen LogP contribution in [0.25, 0.3) is 11.1 Å². The zero-order valence-electron chi connectivity index (χ0n) is 18.7. The van der Waals surface area contributed by atoms with Crippen LogP contribution in [0.2, 0.25) is 0 Å². The summed E-state index contributed by atoms with van der Waals surface area (Å²) in [5.41, 5.74) is 2.95. The third-order valence-electron chi connectivity index (χ3n) is 6.36. The Hall–Kier alpha value is -3.39. The number of hydrogen-bond donors (Lipinski definition) is 3. The predicted octanol–water partition coefficient (Wildman–Crippen LogP) is 2.91. The number of carboxylic acid groups (broad SMARTS) is 1. The Kier molecular flexibility index (Phi) is 6.37. The predicted molar refractivity (Wildman–Crippen MR) is 121 cm³/mol. The number of ether oxygens (including phenoxy) is 2. The highest BCUT2D eigenvalue weighted by atomic mass is 16.5. The number of hydrogen-bond acceptors (Lipinski definition) is 5. The van der Waals surface area contributed by atoms with Gasteiger partial charge in [-0.2, -0.15) is 0 Å². The van der Waals surface area contributed by atoms with Crippen LogP contribution in [0.5, 0.6) is 0 Å². The monoisotopic (exact) mass is 452 g/mol. The van der Waals surface area contributed by atoms with Gasteiger partial charge in [-0.05, 0) is 28.2 Å². The first-order valence-corrected chi connectivity index (χ1v) is 11.1. The molecule has 1 aliphatic heterocycles. The number of carbonyl (C=O) groups excluding carboxylic acids is 2. The van der Waals surface area contributed by atoms with Crippen molar-refractivity contribution < 1.29 is 29.0 Å². The third kappa shape index (κ3) is 4.43. The maximum atomic E-state index is 12.9. The normalized spacial score (nSPS) is 20.1. The molecule has 0 radical (unpaired) electrons. The standard InChI is InChI=1S/C25H28N2O6/c1-15(2)21(22(28)27-25(23(29)30)11-12-32-14-25)26-24(31)33-13-20-18-9-5-3-7-16(18)17-8-4-6-10-19(17)20/h3-10,15,20-21H,11-14H2,1-2H3,(H,26,31)(H,27,28)(H,29,30)/t21-,25?/m0/s1. The smallest absolute Gasteiger partial charge is 0.407 e. The molecule has 0 bridgehead atoms. The summed E-state index contributed by atoms with van der Waals surface area (Å²) in [5.74, 6) is -2.11. The molecule has 0 spiro atoms. The van der Waals surface area contributed by atoms with Crippen molar-refractivity contribution in [2.45, 2.75) is 37.8 Å². The number of amides is 2. The average molecular weight is 453 g/mol. The zero-order valence-corrected chi connectivity index (χ0v) is 18.7. The van der Waals surface area contributed by atoms with Crippen molar-refractivity contribution in [2.24, 2.45) is 5.92 Å². The number of rotatable bonds is 7. The quantitative estimate of drug-likeness (QED) is 0.595. The van der Waals surface area contributed by atoms with Gasteiger partial charge in [0, 0.05) is 18.9 Å². The Bertz CT molecular complexity index is 1010. The lowest BCUT2D eigenvalue weighted by atomic mass is 9.96. The van der Waals surface area contributed by atoms with Crippen molar-refractivity contribution in [3.05, 3.63) is 59.7 Å². The van der Waals surface area contributed by atoms with Gasteiger partial charge in [0.15, 0.2) is 5.54 Å². The minimum atomic E-state index is -1.48. The van der Waals surface area contributed by atoms with Gasteiger partial charge >= 0.3 is 12.1 Å².